The van der Waals surface area contributed by atoms with Crippen LogP contribution in [0.15, 0.2) is 12.2 Å². The number of carbonyl (C=O) groups excluding carboxylic acids is 2. The van der Waals surface area contributed by atoms with Crippen molar-refractivity contribution >= 4 is 25.7 Å². The Balaban J connectivity index is 4.23. The van der Waals surface area contributed by atoms with E-state index in [-0.39, 0.29) is 19.4 Å². The zero-order chi connectivity index (χ0) is 44.2. The number of esters is 2. The summed E-state index contributed by atoms with van der Waals surface area (Å²) >= 11 is 0. The van der Waals surface area contributed by atoms with Crippen molar-refractivity contribution in [3.05, 3.63) is 12.2 Å². The van der Waals surface area contributed by atoms with Crippen LogP contribution in [0.2, 0.25) is 0 Å². The highest BCUT2D eigenvalue weighted by Gasteiger charge is 2.28. The Morgan fingerprint density at radius 2 is 0.833 bits per heavy atom. The van der Waals surface area contributed by atoms with Gasteiger partial charge < -0.3 is 25.2 Å². The fraction of sp³-hybridized carbons (Fsp3) is 0.896. The van der Waals surface area contributed by atoms with Gasteiger partial charge in [-0.1, -0.05) is 206 Å². The van der Waals surface area contributed by atoms with Crippen molar-refractivity contribution in [3.63, 3.8) is 0 Å². The molecule has 11 nitrogen and oxygen atoms in total. The van der Waals surface area contributed by atoms with Crippen molar-refractivity contribution in [1.82, 2.24) is 0 Å². The Kier molecular flexibility index (Phi) is 42.6. The average Bonchev–Trinajstić information content (AvgIpc) is 3.22. The van der Waals surface area contributed by atoms with Gasteiger partial charge in [-0.15, -0.1) is 0 Å². The number of rotatable bonds is 47. The number of phosphoric ester groups is 1. The van der Waals surface area contributed by atoms with Crippen molar-refractivity contribution in [2.45, 2.75) is 257 Å². The maximum absolute atomic E-state index is 12.7. The molecule has 0 aromatic heterocycles. The van der Waals surface area contributed by atoms with Gasteiger partial charge in [-0.2, -0.15) is 0 Å². The Labute approximate surface area is 367 Å². The monoisotopic (exact) mass is 874 g/mol. The lowest BCUT2D eigenvalue weighted by Crippen LogP contribution is -2.34. The molecular formula is C48H92NO10P. The summed E-state index contributed by atoms with van der Waals surface area (Å²) in [7, 11) is -4.72. The highest BCUT2D eigenvalue weighted by Crippen LogP contribution is 2.43. The number of carbonyl (C=O) groups is 3. The molecule has 0 aliphatic rings. The lowest BCUT2D eigenvalue weighted by atomic mass is 10.0. The van der Waals surface area contributed by atoms with Crippen LogP contribution >= 0.6 is 7.82 Å². The van der Waals surface area contributed by atoms with Gasteiger partial charge in [0, 0.05) is 12.8 Å². The van der Waals surface area contributed by atoms with E-state index in [0.717, 1.165) is 57.8 Å². The Morgan fingerprint density at radius 1 is 0.500 bits per heavy atom. The van der Waals surface area contributed by atoms with Gasteiger partial charge >= 0.3 is 25.7 Å². The summed E-state index contributed by atoms with van der Waals surface area (Å²) in [5.74, 6) is -2.37. The molecule has 0 amide bonds. The third-order valence-electron chi connectivity index (χ3n) is 11.0. The van der Waals surface area contributed by atoms with Gasteiger partial charge in [0.05, 0.1) is 13.2 Å². The summed E-state index contributed by atoms with van der Waals surface area (Å²) in [6.45, 7) is 2.83. The molecule has 0 aliphatic carbocycles. The zero-order valence-corrected chi connectivity index (χ0v) is 39.5. The minimum absolute atomic E-state index is 0.166. The van der Waals surface area contributed by atoms with Crippen molar-refractivity contribution in [1.29, 1.82) is 0 Å². The largest absolute Gasteiger partial charge is 0.480 e. The number of ether oxygens (including phenoxy) is 2. The normalized spacial score (nSPS) is 13.7. The fourth-order valence-corrected chi connectivity index (χ4v) is 7.90. The Morgan fingerprint density at radius 3 is 1.22 bits per heavy atom. The summed E-state index contributed by atoms with van der Waals surface area (Å²) in [4.78, 5) is 46.1. The van der Waals surface area contributed by atoms with Crippen LogP contribution < -0.4 is 5.73 Å². The molecule has 0 bridgehead atoms. The van der Waals surface area contributed by atoms with Gasteiger partial charge in [0.1, 0.15) is 12.6 Å². The molecule has 0 aromatic carbocycles. The van der Waals surface area contributed by atoms with Crippen LogP contribution in [0.5, 0.6) is 0 Å². The second-order valence-electron chi connectivity index (χ2n) is 17.0. The molecule has 354 valence electrons. The predicted molar refractivity (Wildman–Crippen MR) is 245 cm³/mol. The van der Waals surface area contributed by atoms with Gasteiger partial charge in [0.2, 0.25) is 0 Å². The van der Waals surface area contributed by atoms with E-state index >= 15 is 0 Å². The molecule has 1 unspecified atom stereocenters. The van der Waals surface area contributed by atoms with Crippen molar-refractivity contribution < 1.29 is 47.5 Å². The number of aliphatic carboxylic acids is 1. The number of nitrogens with two attached hydrogens (primary N) is 1. The van der Waals surface area contributed by atoms with E-state index in [4.69, 9.17) is 24.8 Å². The Bertz CT molecular complexity index is 1070. The van der Waals surface area contributed by atoms with Crippen LogP contribution in [0.1, 0.15) is 245 Å². The number of hydrogen-bond acceptors (Lipinski definition) is 9. The van der Waals surface area contributed by atoms with E-state index in [1.54, 1.807) is 0 Å². The molecule has 4 N–H and O–H groups in total. The molecule has 0 rings (SSSR count). The molecule has 0 fully saturated rings. The van der Waals surface area contributed by atoms with E-state index in [0.29, 0.717) is 12.8 Å². The standard InChI is InChI=1S/C48H92NO10P/c1-3-5-7-9-11-13-15-17-19-20-21-22-23-24-26-28-30-32-34-36-38-40-47(51)59-44(42-57-60(54,55)58-43-45(49)48(52)53)41-56-46(50)39-37-35-33-31-29-27-25-18-16-14-12-10-8-6-4-2/h18,25,44-45H,3-17,19-24,26-43,49H2,1-2H3,(H,52,53)(H,54,55)/b25-18+/t44-,45-/m0/s1. The highest BCUT2D eigenvalue weighted by atomic mass is 31.2. The van der Waals surface area contributed by atoms with Crippen LogP contribution in [-0.4, -0.2) is 59.9 Å². The van der Waals surface area contributed by atoms with E-state index in [1.807, 2.05) is 0 Å². The van der Waals surface area contributed by atoms with E-state index in [9.17, 15) is 23.8 Å². The first-order chi connectivity index (χ1) is 29.1. The quantitative estimate of drug-likeness (QED) is 0.0230. The van der Waals surface area contributed by atoms with E-state index in [2.05, 4.69) is 30.5 Å². The second kappa shape index (κ2) is 43.9. The number of carboxylic acid groups (broad SMARTS) is 1. The zero-order valence-electron chi connectivity index (χ0n) is 38.6. The maximum atomic E-state index is 12.7. The van der Waals surface area contributed by atoms with Crippen LogP contribution in [0, 0.1) is 0 Å². The molecule has 3 atom stereocenters. The fourth-order valence-electron chi connectivity index (χ4n) is 7.12. The van der Waals surface area contributed by atoms with Crippen LogP contribution in [0.3, 0.4) is 0 Å². The SMILES string of the molecule is CCCCCCCC/C=C/CCCCCCCC(=O)OC[C@@H](COP(=O)(O)OC[C@H](N)C(=O)O)OC(=O)CCCCCCCCCCCCCCCCCCCCCCC. The number of unbranched alkanes of at least 4 members (excludes halogenated alkanes) is 31. The molecule has 0 saturated heterocycles. The minimum atomic E-state index is -4.72. The highest BCUT2D eigenvalue weighted by molar-refractivity contribution is 7.47. The number of hydrogen-bond donors (Lipinski definition) is 3. The maximum Gasteiger partial charge on any atom is 0.472 e. The lowest BCUT2D eigenvalue weighted by Gasteiger charge is -2.20. The lowest BCUT2D eigenvalue weighted by molar-refractivity contribution is -0.161. The average molecular weight is 874 g/mol. The van der Waals surface area contributed by atoms with Crippen molar-refractivity contribution in [2.24, 2.45) is 5.73 Å². The number of carboxylic acids is 1. The first-order valence-corrected chi connectivity index (χ1v) is 26.2. The summed E-state index contributed by atoms with van der Waals surface area (Å²) in [5, 5.41) is 8.91. The molecule has 0 saturated carbocycles. The predicted octanol–water partition coefficient (Wildman–Crippen LogP) is 13.6. The minimum Gasteiger partial charge on any atom is -0.480 e. The molecule has 0 aliphatic heterocycles. The summed E-state index contributed by atoms with van der Waals surface area (Å²) in [5.41, 5.74) is 5.35. The Hall–Kier alpha value is -1.78. The molecular weight excluding hydrogens is 781 g/mol. The molecule has 0 spiro atoms. The smallest absolute Gasteiger partial charge is 0.472 e. The van der Waals surface area contributed by atoms with Gasteiger partial charge in [-0.25, -0.2) is 4.57 Å². The molecule has 60 heavy (non-hydrogen) atoms. The number of allylic oxidation sites excluding steroid dienone is 2. The molecule has 0 heterocycles. The molecule has 0 radical (unpaired) electrons. The van der Waals surface area contributed by atoms with E-state index < -0.39 is 51.1 Å². The first kappa shape index (κ1) is 58.2. The third-order valence-corrected chi connectivity index (χ3v) is 12.0. The summed E-state index contributed by atoms with van der Waals surface area (Å²) < 4.78 is 32.8. The van der Waals surface area contributed by atoms with Crippen molar-refractivity contribution in [2.75, 3.05) is 19.8 Å². The van der Waals surface area contributed by atoms with Gasteiger partial charge in [-0.3, -0.25) is 23.4 Å². The summed E-state index contributed by atoms with van der Waals surface area (Å²) in [6.07, 6.45) is 45.6. The van der Waals surface area contributed by atoms with Crippen LogP contribution in [-0.2, 0) is 37.5 Å². The topological polar surface area (TPSA) is 172 Å². The van der Waals surface area contributed by atoms with E-state index in [1.165, 1.54) is 148 Å². The second-order valence-corrected chi connectivity index (χ2v) is 18.4. The van der Waals surface area contributed by atoms with Gasteiger partial charge in [0.15, 0.2) is 6.10 Å². The first-order valence-electron chi connectivity index (χ1n) is 24.7. The van der Waals surface area contributed by atoms with Gasteiger partial charge in [-0.05, 0) is 38.5 Å². The van der Waals surface area contributed by atoms with Crippen LogP contribution in [0.25, 0.3) is 0 Å². The molecule has 0 aromatic rings. The van der Waals surface area contributed by atoms with Crippen LogP contribution in [0.4, 0.5) is 0 Å². The third kappa shape index (κ3) is 42.9. The summed E-state index contributed by atoms with van der Waals surface area (Å²) in [6, 6.07) is -1.52. The van der Waals surface area contributed by atoms with Gasteiger partial charge in [0.25, 0.3) is 0 Å². The number of phosphoric acid groups is 1. The van der Waals surface area contributed by atoms with Crippen molar-refractivity contribution in [3.8, 4) is 0 Å². The molecule has 12 heteroatoms.